The molecular formula is C25H37N5O6. The first-order valence-corrected chi connectivity index (χ1v) is 12.6. The summed E-state index contributed by atoms with van der Waals surface area (Å²) in [5, 5.41) is 21.7. The van der Waals surface area contributed by atoms with Crippen LogP contribution in [0.2, 0.25) is 0 Å². The monoisotopic (exact) mass is 503 g/mol. The number of unbranched alkanes of at least 4 members (excludes halogenated alkanes) is 1. The van der Waals surface area contributed by atoms with E-state index in [1.54, 1.807) is 12.1 Å². The number of aliphatic carboxylic acids is 1. The number of amides is 3. The number of nitrogens with two attached hydrogens (primary N) is 2. The molecule has 1 aromatic carbocycles. The first-order valence-electron chi connectivity index (χ1n) is 12.6. The molecule has 11 nitrogen and oxygen atoms in total. The summed E-state index contributed by atoms with van der Waals surface area (Å²) >= 11 is 0. The van der Waals surface area contributed by atoms with Gasteiger partial charge in [0.15, 0.2) is 0 Å². The molecule has 0 aliphatic carbocycles. The Labute approximate surface area is 210 Å². The van der Waals surface area contributed by atoms with Crippen LogP contribution in [0.5, 0.6) is 5.75 Å². The van der Waals surface area contributed by atoms with E-state index in [0.29, 0.717) is 57.3 Å². The second kappa shape index (κ2) is 12.7. The zero-order valence-corrected chi connectivity index (χ0v) is 20.5. The van der Waals surface area contributed by atoms with Crippen LogP contribution < -0.4 is 16.8 Å². The van der Waals surface area contributed by atoms with Crippen molar-refractivity contribution in [1.29, 1.82) is 0 Å². The van der Waals surface area contributed by atoms with E-state index >= 15 is 0 Å². The van der Waals surface area contributed by atoms with Crippen LogP contribution >= 0.6 is 0 Å². The third-order valence-corrected chi connectivity index (χ3v) is 6.94. The molecule has 4 atom stereocenters. The van der Waals surface area contributed by atoms with E-state index in [-0.39, 0.29) is 24.0 Å². The van der Waals surface area contributed by atoms with Gasteiger partial charge in [-0.05, 0) is 62.8 Å². The van der Waals surface area contributed by atoms with E-state index in [0.717, 1.165) is 12.8 Å². The van der Waals surface area contributed by atoms with E-state index in [2.05, 4.69) is 5.32 Å². The van der Waals surface area contributed by atoms with Gasteiger partial charge >= 0.3 is 5.97 Å². The Kier molecular flexibility index (Phi) is 9.65. The molecule has 2 aliphatic rings. The number of nitrogens with zero attached hydrogens (tertiary/aromatic N) is 2. The SMILES string of the molecule is NCCCCC(N)C(=O)N1CCCC1C(=O)N1CCCC1C(=O)NC(Cc1ccc(O)cc1)C(=O)O. The zero-order valence-electron chi connectivity index (χ0n) is 20.5. The van der Waals surface area contributed by atoms with E-state index in [4.69, 9.17) is 11.5 Å². The van der Waals surface area contributed by atoms with Crippen molar-refractivity contribution in [3.63, 3.8) is 0 Å². The molecule has 0 spiro atoms. The summed E-state index contributed by atoms with van der Waals surface area (Å²) in [5.74, 6) is -2.21. The zero-order chi connectivity index (χ0) is 26.2. The van der Waals surface area contributed by atoms with E-state index in [1.807, 2.05) is 0 Å². The van der Waals surface area contributed by atoms with E-state index in [9.17, 15) is 29.4 Å². The topological polar surface area (TPSA) is 179 Å². The molecule has 1 aromatic rings. The lowest BCUT2D eigenvalue weighted by atomic mass is 10.0. The van der Waals surface area contributed by atoms with Gasteiger partial charge in [-0.15, -0.1) is 0 Å². The van der Waals surface area contributed by atoms with Crippen molar-refractivity contribution in [2.75, 3.05) is 19.6 Å². The molecule has 3 amide bonds. The van der Waals surface area contributed by atoms with Gasteiger partial charge in [-0.1, -0.05) is 18.6 Å². The largest absolute Gasteiger partial charge is 0.508 e. The molecule has 0 radical (unpaired) electrons. The fourth-order valence-corrected chi connectivity index (χ4v) is 4.96. The third kappa shape index (κ3) is 6.73. The molecule has 3 rings (SSSR count). The Morgan fingerprint density at radius 3 is 2.28 bits per heavy atom. The van der Waals surface area contributed by atoms with Crippen LogP contribution in [0.1, 0.15) is 50.5 Å². The lowest BCUT2D eigenvalue weighted by Crippen LogP contribution is -2.56. The maximum atomic E-state index is 13.5. The van der Waals surface area contributed by atoms with Gasteiger partial charge < -0.3 is 36.8 Å². The van der Waals surface area contributed by atoms with Crippen molar-refractivity contribution < 1.29 is 29.4 Å². The predicted molar refractivity (Wildman–Crippen MR) is 132 cm³/mol. The first-order chi connectivity index (χ1) is 17.2. The Morgan fingerprint density at radius 2 is 1.64 bits per heavy atom. The number of carbonyl (C=O) groups excluding carboxylic acids is 3. The summed E-state index contributed by atoms with van der Waals surface area (Å²) in [6, 6.07) is 2.74. The number of aromatic hydroxyl groups is 1. The number of likely N-dealkylation sites (tertiary alicyclic amines) is 2. The van der Waals surface area contributed by atoms with Gasteiger partial charge in [-0.25, -0.2) is 4.79 Å². The molecule has 0 saturated carbocycles. The average molecular weight is 504 g/mol. The number of phenols is 1. The lowest BCUT2D eigenvalue weighted by Gasteiger charge is -2.32. The van der Waals surface area contributed by atoms with Gasteiger partial charge in [-0.2, -0.15) is 0 Å². The Bertz CT molecular complexity index is 939. The molecule has 2 aliphatic heterocycles. The summed E-state index contributed by atoms with van der Waals surface area (Å²) in [6.07, 6.45) is 4.26. The Morgan fingerprint density at radius 1 is 1.00 bits per heavy atom. The fourth-order valence-electron chi connectivity index (χ4n) is 4.96. The number of hydrogen-bond donors (Lipinski definition) is 5. The summed E-state index contributed by atoms with van der Waals surface area (Å²) < 4.78 is 0. The minimum atomic E-state index is -1.19. The number of benzene rings is 1. The number of hydrogen-bond acceptors (Lipinski definition) is 7. The van der Waals surface area contributed by atoms with Crippen LogP contribution in [-0.4, -0.2) is 87.5 Å². The fraction of sp³-hybridized carbons (Fsp3) is 0.600. The molecule has 4 unspecified atom stereocenters. The number of carbonyl (C=O) groups is 4. The van der Waals surface area contributed by atoms with Crippen LogP contribution in [0.15, 0.2) is 24.3 Å². The molecule has 2 fully saturated rings. The molecule has 2 heterocycles. The minimum Gasteiger partial charge on any atom is -0.508 e. The molecule has 11 heteroatoms. The maximum absolute atomic E-state index is 13.5. The first kappa shape index (κ1) is 27.4. The van der Waals surface area contributed by atoms with Crippen LogP contribution in [0.4, 0.5) is 0 Å². The highest BCUT2D eigenvalue weighted by molar-refractivity contribution is 5.94. The summed E-state index contributed by atoms with van der Waals surface area (Å²) in [6.45, 7) is 1.34. The molecule has 0 aromatic heterocycles. The number of nitrogens with one attached hydrogen (secondary N) is 1. The van der Waals surface area contributed by atoms with Crippen LogP contribution in [0.25, 0.3) is 0 Å². The van der Waals surface area contributed by atoms with Crippen molar-refractivity contribution in [2.45, 2.75) is 75.5 Å². The van der Waals surface area contributed by atoms with Crippen molar-refractivity contribution in [3.8, 4) is 5.75 Å². The molecule has 7 N–H and O–H groups in total. The van der Waals surface area contributed by atoms with Crippen LogP contribution in [-0.2, 0) is 25.6 Å². The molecule has 0 bridgehead atoms. The van der Waals surface area contributed by atoms with Crippen molar-refractivity contribution in [3.05, 3.63) is 29.8 Å². The average Bonchev–Trinajstić information content (AvgIpc) is 3.54. The normalized spacial score (nSPS) is 21.3. The summed E-state index contributed by atoms with van der Waals surface area (Å²) in [7, 11) is 0. The van der Waals surface area contributed by atoms with Gasteiger partial charge in [-0.3, -0.25) is 14.4 Å². The molecule has 36 heavy (non-hydrogen) atoms. The second-order valence-electron chi connectivity index (χ2n) is 9.54. The van der Waals surface area contributed by atoms with Crippen molar-refractivity contribution >= 4 is 23.7 Å². The predicted octanol–water partition coefficient (Wildman–Crippen LogP) is -0.0576. The number of carboxylic acids is 1. The lowest BCUT2D eigenvalue weighted by molar-refractivity contribution is -0.148. The molecular weight excluding hydrogens is 466 g/mol. The maximum Gasteiger partial charge on any atom is 0.326 e. The number of carboxylic acid groups (broad SMARTS) is 1. The van der Waals surface area contributed by atoms with Gasteiger partial charge in [0, 0.05) is 19.5 Å². The second-order valence-corrected chi connectivity index (χ2v) is 9.54. The summed E-state index contributed by atoms with van der Waals surface area (Å²) in [5.41, 5.74) is 12.2. The van der Waals surface area contributed by atoms with Gasteiger partial charge in [0.2, 0.25) is 17.7 Å². The van der Waals surface area contributed by atoms with Crippen molar-refractivity contribution in [2.24, 2.45) is 11.5 Å². The quantitative estimate of drug-likeness (QED) is 0.261. The van der Waals surface area contributed by atoms with Crippen molar-refractivity contribution in [1.82, 2.24) is 15.1 Å². The van der Waals surface area contributed by atoms with Crippen LogP contribution in [0.3, 0.4) is 0 Å². The van der Waals surface area contributed by atoms with Gasteiger partial charge in [0.1, 0.15) is 23.9 Å². The minimum absolute atomic E-state index is 0.0367. The van der Waals surface area contributed by atoms with Gasteiger partial charge in [0.25, 0.3) is 0 Å². The van der Waals surface area contributed by atoms with E-state index in [1.165, 1.54) is 21.9 Å². The standard InChI is InChI=1S/C25H37N5O6/c26-12-2-1-5-18(27)23(33)30-14-4-7-21(30)24(34)29-13-3-6-20(29)22(32)28-19(25(35)36)15-16-8-10-17(31)11-9-16/h8-11,18-21,31H,1-7,12-15,26-27H2,(H,28,32)(H,35,36). The third-order valence-electron chi connectivity index (χ3n) is 6.94. The Balaban J connectivity index is 1.64. The number of rotatable bonds is 11. The Hall–Kier alpha value is -3.18. The molecule has 198 valence electrons. The molecule has 2 saturated heterocycles. The highest BCUT2D eigenvalue weighted by Crippen LogP contribution is 2.26. The van der Waals surface area contributed by atoms with E-state index < -0.39 is 36.0 Å². The van der Waals surface area contributed by atoms with Gasteiger partial charge in [0.05, 0.1) is 6.04 Å². The summed E-state index contributed by atoms with van der Waals surface area (Å²) in [4.78, 5) is 54.3. The highest BCUT2D eigenvalue weighted by Gasteiger charge is 2.43. The van der Waals surface area contributed by atoms with Crippen LogP contribution in [0, 0.1) is 0 Å². The smallest absolute Gasteiger partial charge is 0.326 e. The number of phenolic OH excluding ortho intramolecular Hbond substituents is 1. The highest BCUT2D eigenvalue weighted by atomic mass is 16.4.